The summed E-state index contributed by atoms with van der Waals surface area (Å²) in [6.07, 6.45) is 4.88. The van der Waals surface area contributed by atoms with Crippen LogP contribution in [0.3, 0.4) is 0 Å². The van der Waals surface area contributed by atoms with E-state index in [4.69, 9.17) is 4.74 Å². The highest BCUT2D eigenvalue weighted by Crippen LogP contribution is 2.31. The van der Waals surface area contributed by atoms with Gasteiger partial charge in [-0.25, -0.2) is 19.7 Å². The third-order valence-corrected chi connectivity index (χ3v) is 5.76. The minimum Gasteiger partial charge on any atom is -0.465 e. The molecule has 0 N–H and O–H groups in total. The van der Waals surface area contributed by atoms with Gasteiger partial charge in [0.15, 0.2) is 5.82 Å². The van der Waals surface area contributed by atoms with Crippen molar-refractivity contribution in [3.05, 3.63) is 71.7 Å². The number of carbonyl (C=O) groups is 1. The van der Waals surface area contributed by atoms with Gasteiger partial charge in [-0.05, 0) is 37.1 Å². The van der Waals surface area contributed by atoms with Crippen LogP contribution < -0.4 is 4.90 Å². The lowest BCUT2D eigenvalue weighted by Crippen LogP contribution is -2.33. The van der Waals surface area contributed by atoms with Gasteiger partial charge in [-0.15, -0.1) is 0 Å². The smallest absolute Gasteiger partial charge is 0.416 e. The van der Waals surface area contributed by atoms with E-state index < -0.39 is 17.7 Å². The highest BCUT2D eigenvalue weighted by atomic mass is 19.4. The fourth-order valence-electron chi connectivity index (χ4n) is 4.00. The number of ether oxygens (including phenoxy) is 1. The molecule has 0 atom stereocenters. The molecule has 4 rings (SSSR count). The summed E-state index contributed by atoms with van der Waals surface area (Å²) in [5.41, 5.74) is 1.05. The molecule has 0 spiro atoms. The second kappa shape index (κ2) is 9.56. The van der Waals surface area contributed by atoms with E-state index in [1.807, 2.05) is 6.07 Å². The molecule has 1 saturated carbocycles. The second-order valence-corrected chi connectivity index (χ2v) is 7.95. The summed E-state index contributed by atoms with van der Waals surface area (Å²) < 4.78 is 43.1. The van der Waals surface area contributed by atoms with Crippen molar-refractivity contribution in [1.82, 2.24) is 15.0 Å². The number of benzene rings is 1. The molecule has 0 radical (unpaired) electrons. The first-order valence-electron chi connectivity index (χ1n) is 10.6. The molecule has 1 aromatic carbocycles. The average Bonchev–Trinajstić information content (AvgIpc) is 3.37. The summed E-state index contributed by atoms with van der Waals surface area (Å²) in [6.45, 7) is 0.530. The zero-order chi connectivity index (χ0) is 23.4. The highest BCUT2D eigenvalue weighted by Gasteiger charge is 2.30. The Hall–Kier alpha value is -3.49. The number of anilines is 1. The molecule has 1 aliphatic carbocycles. The van der Waals surface area contributed by atoms with E-state index in [0.29, 0.717) is 29.5 Å². The van der Waals surface area contributed by atoms with Crippen LogP contribution in [0.25, 0.3) is 11.4 Å². The molecule has 6 nitrogen and oxygen atoms in total. The topological polar surface area (TPSA) is 68.2 Å². The van der Waals surface area contributed by atoms with Crippen LogP contribution in [0.1, 0.15) is 47.2 Å². The summed E-state index contributed by atoms with van der Waals surface area (Å²) in [5, 5.41) is 0. The normalized spacial score (nSPS) is 14.3. The van der Waals surface area contributed by atoms with Gasteiger partial charge in [-0.3, -0.25) is 0 Å². The van der Waals surface area contributed by atoms with Crippen molar-refractivity contribution >= 4 is 11.8 Å². The molecular weight excluding hydrogens is 433 g/mol. The molecule has 0 saturated heterocycles. The first kappa shape index (κ1) is 22.7. The lowest BCUT2D eigenvalue weighted by molar-refractivity contribution is -0.137. The van der Waals surface area contributed by atoms with Crippen molar-refractivity contribution in [3.8, 4) is 11.4 Å². The molecule has 9 heteroatoms. The number of methoxy groups -OCH3 is 1. The first-order chi connectivity index (χ1) is 15.8. The van der Waals surface area contributed by atoms with Crippen LogP contribution in [0.15, 0.2) is 55.0 Å². The van der Waals surface area contributed by atoms with Crippen LogP contribution in [-0.4, -0.2) is 34.1 Å². The average molecular weight is 456 g/mol. The van der Waals surface area contributed by atoms with Gasteiger partial charge in [0, 0.05) is 42.3 Å². The van der Waals surface area contributed by atoms with Gasteiger partial charge in [-0.1, -0.05) is 25.0 Å². The highest BCUT2D eigenvalue weighted by molar-refractivity contribution is 5.89. The number of alkyl halides is 3. The SMILES string of the molecule is COC(=O)c1ccc(N(Cc2cnc(-c3ccc(C(F)(F)F)cc3)nc2)C2CCCC2)nc1. The van der Waals surface area contributed by atoms with E-state index >= 15 is 0 Å². The van der Waals surface area contributed by atoms with Crippen molar-refractivity contribution < 1.29 is 22.7 Å². The van der Waals surface area contributed by atoms with E-state index in [9.17, 15) is 18.0 Å². The van der Waals surface area contributed by atoms with Crippen LogP contribution >= 0.6 is 0 Å². The largest absolute Gasteiger partial charge is 0.465 e. The molecule has 0 aliphatic heterocycles. The molecule has 3 aromatic rings. The quantitative estimate of drug-likeness (QED) is 0.470. The molecule has 2 heterocycles. The van der Waals surface area contributed by atoms with E-state index in [1.165, 1.54) is 25.4 Å². The molecule has 33 heavy (non-hydrogen) atoms. The van der Waals surface area contributed by atoms with Gasteiger partial charge in [-0.2, -0.15) is 13.2 Å². The lowest BCUT2D eigenvalue weighted by atomic mass is 10.1. The van der Waals surface area contributed by atoms with Crippen molar-refractivity contribution in [2.45, 2.75) is 44.4 Å². The zero-order valence-corrected chi connectivity index (χ0v) is 18.0. The number of nitrogens with zero attached hydrogens (tertiary/aromatic N) is 4. The zero-order valence-electron chi connectivity index (χ0n) is 18.0. The van der Waals surface area contributed by atoms with Crippen molar-refractivity contribution in [1.29, 1.82) is 0 Å². The van der Waals surface area contributed by atoms with Gasteiger partial charge in [0.2, 0.25) is 0 Å². The molecule has 0 bridgehead atoms. The minimum atomic E-state index is -4.38. The first-order valence-corrected chi connectivity index (χ1v) is 10.6. The van der Waals surface area contributed by atoms with Gasteiger partial charge in [0.05, 0.1) is 18.2 Å². The summed E-state index contributed by atoms with van der Waals surface area (Å²) >= 11 is 0. The minimum absolute atomic E-state index is 0.316. The predicted molar refractivity (Wildman–Crippen MR) is 116 cm³/mol. The lowest BCUT2D eigenvalue weighted by Gasteiger charge is -2.30. The Morgan fingerprint density at radius 3 is 2.21 bits per heavy atom. The number of hydrogen-bond donors (Lipinski definition) is 0. The maximum Gasteiger partial charge on any atom is 0.416 e. The van der Waals surface area contributed by atoms with E-state index in [2.05, 4.69) is 19.9 Å². The Kier molecular flexibility index (Phi) is 6.57. The van der Waals surface area contributed by atoms with Gasteiger partial charge < -0.3 is 9.64 Å². The number of carbonyl (C=O) groups excluding carboxylic acids is 1. The summed E-state index contributed by atoms with van der Waals surface area (Å²) in [5.74, 6) is 0.676. The number of pyridine rings is 1. The monoisotopic (exact) mass is 456 g/mol. The van der Waals surface area contributed by atoms with Crippen molar-refractivity contribution in [2.75, 3.05) is 12.0 Å². The number of hydrogen-bond acceptors (Lipinski definition) is 6. The standard InChI is InChI=1S/C24H23F3N4O2/c1-33-23(32)18-8-11-21(28-14-18)31(20-4-2-3-5-20)15-16-12-29-22(30-13-16)17-6-9-19(10-7-17)24(25,26)27/h6-14,20H,2-5,15H2,1H3. The van der Waals surface area contributed by atoms with E-state index in [0.717, 1.165) is 49.2 Å². The third-order valence-electron chi connectivity index (χ3n) is 5.76. The Bertz CT molecular complexity index is 1080. The Labute approximate surface area is 189 Å². The van der Waals surface area contributed by atoms with E-state index in [1.54, 1.807) is 18.5 Å². The number of halogens is 3. The molecule has 0 amide bonds. The fraction of sp³-hybridized carbons (Fsp3) is 0.333. The molecule has 2 aromatic heterocycles. The van der Waals surface area contributed by atoms with Gasteiger partial charge >= 0.3 is 12.1 Å². The fourth-order valence-corrected chi connectivity index (χ4v) is 4.00. The molecule has 172 valence electrons. The molecule has 1 fully saturated rings. The van der Waals surface area contributed by atoms with Crippen LogP contribution in [0.4, 0.5) is 19.0 Å². The Balaban J connectivity index is 1.52. The van der Waals surface area contributed by atoms with Gasteiger partial charge in [0.25, 0.3) is 0 Å². The van der Waals surface area contributed by atoms with Crippen LogP contribution in [0, 0.1) is 0 Å². The number of rotatable bonds is 6. The Morgan fingerprint density at radius 1 is 1.00 bits per heavy atom. The summed E-state index contributed by atoms with van der Waals surface area (Å²) in [6, 6.07) is 8.61. The maximum atomic E-state index is 12.8. The van der Waals surface area contributed by atoms with Crippen LogP contribution in [-0.2, 0) is 17.5 Å². The van der Waals surface area contributed by atoms with Crippen molar-refractivity contribution in [2.24, 2.45) is 0 Å². The third kappa shape index (κ3) is 5.30. The summed E-state index contributed by atoms with van der Waals surface area (Å²) in [7, 11) is 1.33. The molecule has 0 unspecified atom stereocenters. The maximum absolute atomic E-state index is 12.8. The van der Waals surface area contributed by atoms with E-state index in [-0.39, 0.29) is 0 Å². The molecule has 1 aliphatic rings. The van der Waals surface area contributed by atoms with Gasteiger partial charge in [0.1, 0.15) is 5.82 Å². The second-order valence-electron chi connectivity index (χ2n) is 7.95. The van der Waals surface area contributed by atoms with Crippen LogP contribution in [0.2, 0.25) is 0 Å². The summed E-state index contributed by atoms with van der Waals surface area (Å²) in [4.78, 5) is 27.1. The number of esters is 1. The van der Waals surface area contributed by atoms with Crippen LogP contribution in [0.5, 0.6) is 0 Å². The predicted octanol–water partition coefficient (Wildman–Crippen LogP) is 5.29. The molecular formula is C24H23F3N4O2. The Morgan fingerprint density at radius 2 is 1.67 bits per heavy atom. The number of aromatic nitrogens is 3. The van der Waals surface area contributed by atoms with Crippen molar-refractivity contribution in [3.63, 3.8) is 0 Å².